The number of nitrogens with one attached hydrogen (secondary N) is 1. The Labute approximate surface area is 310 Å². The Bertz CT molecular complexity index is 1990. The number of pyridine rings is 1. The molecule has 0 radical (unpaired) electrons. The van der Waals surface area contributed by atoms with Gasteiger partial charge in [-0.05, 0) is 97.6 Å². The molecule has 54 heavy (non-hydrogen) atoms. The molecule has 8 nitrogen and oxygen atoms in total. The number of benzene rings is 3. The molecule has 0 unspecified atom stereocenters. The number of fused-ring (bicyclic) bond motifs is 2. The lowest BCUT2D eigenvalue weighted by atomic mass is 9.76. The van der Waals surface area contributed by atoms with Crippen molar-refractivity contribution in [2.24, 2.45) is 5.41 Å². The van der Waals surface area contributed by atoms with Crippen molar-refractivity contribution in [1.82, 2.24) is 20.1 Å². The molecule has 4 aromatic rings. The van der Waals surface area contributed by atoms with Crippen LogP contribution in [0.4, 0.5) is 22.0 Å². The quantitative estimate of drug-likeness (QED) is 0.156. The number of aryl methyl sites for hydroxylation is 1. The third-order valence-corrected chi connectivity index (χ3v) is 11.6. The van der Waals surface area contributed by atoms with Gasteiger partial charge in [-0.2, -0.15) is 13.2 Å². The number of carboxylic acids is 1. The Kier molecular flexibility index (Phi) is 10.9. The molecule has 3 fully saturated rings. The van der Waals surface area contributed by atoms with Crippen LogP contribution in [0.15, 0.2) is 66.9 Å². The molecule has 0 aliphatic carbocycles. The number of hydrogen-bond acceptors (Lipinski definition) is 6. The average molecular weight is 753 g/mol. The van der Waals surface area contributed by atoms with E-state index >= 15 is 0 Å². The molecule has 3 aliphatic heterocycles. The minimum absolute atomic E-state index is 0.280. The Morgan fingerprint density at radius 3 is 2.39 bits per heavy atom. The number of aromatic nitrogens is 1. The van der Waals surface area contributed by atoms with Crippen molar-refractivity contribution in [3.63, 3.8) is 0 Å². The summed E-state index contributed by atoms with van der Waals surface area (Å²) in [6.07, 6.45) is 0.675. The lowest BCUT2D eigenvalue weighted by Crippen LogP contribution is -2.61. The lowest BCUT2D eigenvalue weighted by molar-refractivity contribution is -0.235. The van der Waals surface area contributed by atoms with E-state index in [1.807, 2.05) is 30.3 Å². The third-order valence-electron chi connectivity index (χ3n) is 11.6. The molecule has 0 bridgehead atoms. The van der Waals surface area contributed by atoms with Crippen LogP contribution in [-0.2, 0) is 27.2 Å². The molecule has 0 saturated carbocycles. The molecule has 3 saturated heterocycles. The van der Waals surface area contributed by atoms with Crippen LogP contribution >= 0.6 is 0 Å². The van der Waals surface area contributed by atoms with E-state index in [9.17, 15) is 36.6 Å². The Morgan fingerprint density at radius 1 is 0.944 bits per heavy atom. The summed E-state index contributed by atoms with van der Waals surface area (Å²) in [7, 11) is 0. The summed E-state index contributed by atoms with van der Waals surface area (Å²) in [5.41, 5.74) is 0.395. The highest BCUT2D eigenvalue weighted by Gasteiger charge is 2.62. The van der Waals surface area contributed by atoms with E-state index in [1.165, 1.54) is 29.7 Å². The minimum atomic E-state index is -5.03. The molecule has 1 aromatic heterocycles. The van der Waals surface area contributed by atoms with Crippen molar-refractivity contribution in [2.75, 3.05) is 45.9 Å². The summed E-state index contributed by atoms with van der Waals surface area (Å²) in [6, 6.07) is 16.3. The van der Waals surface area contributed by atoms with Crippen LogP contribution in [0.3, 0.4) is 0 Å². The zero-order chi connectivity index (χ0) is 38.1. The van der Waals surface area contributed by atoms with E-state index in [-0.39, 0.29) is 13.0 Å². The van der Waals surface area contributed by atoms with Gasteiger partial charge in [0.05, 0.1) is 18.3 Å². The van der Waals surface area contributed by atoms with Crippen molar-refractivity contribution < 1.29 is 41.4 Å². The molecule has 1 amide bonds. The first kappa shape index (κ1) is 38.1. The highest BCUT2D eigenvalue weighted by molar-refractivity contribution is 6.05. The van der Waals surface area contributed by atoms with Gasteiger partial charge in [0, 0.05) is 36.7 Å². The normalized spacial score (nSPS) is 21.3. The number of carboxylic acid groups (broad SMARTS) is 1. The van der Waals surface area contributed by atoms with Gasteiger partial charge in [0.15, 0.2) is 0 Å². The largest absolute Gasteiger partial charge is 0.480 e. The molecule has 2 atom stereocenters. The minimum Gasteiger partial charge on any atom is -0.480 e. The monoisotopic (exact) mass is 752 g/mol. The van der Waals surface area contributed by atoms with Crippen molar-refractivity contribution in [3.05, 3.63) is 78.0 Å². The van der Waals surface area contributed by atoms with Crippen LogP contribution in [0.1, 0.15) is 49.7 Å². The summed E-state index contributed by atoms with van der Waals surface area (Å²) >= 11 is 0. The maximum Gasteiger partial charge on any atom is 0.403 e. The van der Waals surface area contributed by atoms with Gasteiger partial charge in [0.2, 0.25) is 5.91 Å². The van der Waals surface area contributed by atoms with E-state index < -0.39 is 74.0 Å². The summed E-state index contributed by atoms with van der Waals surface area (Å²) in [5, 5.41) is 15.9. The number of hydrogen-bond donors (Lipinski definition) is 2. The standard InChI is InChI=1S/C41H45F5N4O4/c42-40(43)26-54-25-35(40)50-21-15-39(16-22-50,41(44,45)46)38(53)48-34(37(51)52)24-29-8-4-10-31-30(29)9-5-11-32(31)36-33-23-27(12-13-28(33)14-17-47-36)7-6-20-49-18-2-1-3-19-49/h4-5,8-14,17,23,34-35H,1-3,6-7,15-16,18-22,24-26H2,(H,48,53)(H,51,52)/t34-,35-/m0/s1. The number of carbonyl (C=O) groups is 2. The number of amides is 1. The van der Waals surface area contributed by atoms with Crippen molar-refractivity contribution in [3.8, 4) is 11.3 Å². The Morgan fingerprint density at radius 2 is 1.69 bits per heavy atom. The second-order valence-corrected chi connectivity index (χ2v) is 15.0. The van der Waals surface area contributed by atoms with Crippen molar-refractivity contribution in [1.29, 1.82) is 0 Å². The lowest BCUT2D eigenvalue weighted by Gasteiger charge is -2.44. The summed E-state index contributed by atoms with van der Waals surface area (Å²) in [6.45, 7) is 1.42. The van der Waals surface area contributed by atoms with Gasteiger partial charge in [0.25, 0.3) is 5.92 Å². The first-order valence-corrected chi connectivity index (χ1v) is 18.8. The molecule has 288 valence electrons. The van der Waals surface area contributed by atoms with Crippen LogP contribution in [0.25, 0.3) is 32.8 Å². The number of nitrogens with zero attached hydrogens (tertiary/aromatic N) is 3. The van der Waals surface area contributed by atoms with Gasteiger partial charge in [-0.25, -0.2) is 13.6 Å². The van der Waals surface area contributed by atoms with Crippen LogP contribution in [0.2, 0.25) is 0 Å². The number of rotatable bonds is 11. The maximum atomic E-state index is 14.7. The van der Waals surface area contributed by atoms with Gasteiger partial charge in [0.1, 0.15) is 18.1 Å². The smallest absolute Gasteiger partial charge is 0.403 e. The molecule has 0 spiro atoms. The Hall–Kier alpha value is -4.20. The predicted octanol–water partition coefficient (Wildman–Crippen LogP) is 7.26. The van der Waals surface area contributed by atoms with E-state index in [4.69, 9.17) is 9.72 Å². The molecular formula is C41H45F5N4O4. The van der Waals surface area contributed by atoms with Crippen LogP contribution < -0.4 is 5.32 Å². The Balaban J connectivity index is 1.12. The number of aliphatic carboxylic acids is 1. The number of ether oxygens (including phenoxy) is 1. The van der Waals surface area contributed by atoms with Gasteiger partial charge < -0.3 is 20.1 Å². The highest BCUT2D eigenvalue weighted by atomic mass is 19.4. The van der Waals surface area contributed by atoms with Crippen LogP contribution in [0, 0.1) is 5.41 Å². The van der Waals surface area contributed by atoms with E-state index in [0.29, 0.717) is 10.9 Å². The molecule has 13 heteroatoms. The van der Waals surface area contributed by atoms with Gasteiger partial charge >= 0.3 is 12.1 Å². The first-order chi connectivity index (χ1) is 25.9. The zero-order valence-corrected chi connectivity index (χ0v) is 30.0. The third kappa shape index (κ3) is 7.67. The van der Waals surface area contributed by atoms with Crippen molar-refractivity contribution >= 4 is 33.4 Å². The van der Waals surface area contributed by atoms with E-state index in [1.54, 1.807) is 18.3 Å². The fourth-order valence-corrected chi connectivity index (χ4v) is 8.51. The number of halogens is 5. The van der Waals surface area contributed by atoms with Gasteiger partial charge in [-0.15, -0.1) is 0 Å². The fraction of sp³-hybridized carbons (Fsp3) is 0.488. The second-order valence-electron chi connectivity index (χ2n) is 15.0. The zero-order valence-electron chi connectivity index (χ0n) is 30.0. The van der Waals surface area contributed by atoms with Crippen molar-refractivity contribution in [2.45, 2.75) is 75.5 Å². The van der Waals surface area contributed by atoms with Gasteiger partial charge in [-0.3, -0.25) is 14.7 Å². The number of alkyl halides is 5. The number of carbonyl (C=O) groups excluding carboxylic acids is 1. The van der Waals surface area contributed by atoms with Crippen LogP contribution in [-0.4, -0.2) is 102 Å². The summed E-state index contributed by atoms with van der Waals surface area (Å²) in [5.74, 6) is -6.17. The second kappa shape index (κ2) is 15.5. The molecule has 7 rings (SSSR count). The molecular weight excluding hydrogens is 707 g/mol. The highest BCUT2D eigenvalue weighted by Crippen LogP contribution is 2.48. The number of likely N-dealkylation sites (tertiary alicyclic amines) is 2. The summed E-state index contributed by atoms with van der Waals surface area (Å²) in [4.78, 5) is 34.6. The molecule has 3 aliphatic rings. The fourth-order valence-electron chi connectivity index (χ4n) is 8.51. The van der Waals surface area contributed by atoms with Crippen LogP contribution in [0.5, 0.6) is 0 Å². The maximum absolute atomic E-state index is 14.7. The molecule has 2 N–H and O–H groups in total. The number of piperidine rings is 2. The molecule has 4 heterocycles. The summed E-state index contributed by atoms with van der Waals surface area (Å²) < 4.78 is 77.5. The average Bonchev–Trinajstić information content (AvgIpc) is 3.52. The first-order valence-electron chi connectivity index (χ1n) is 18.8. The van der Waals surface area contributed by atoms with E-state index in [0.717, 1.165) is 59.9 Å². The topological polar surface area (TPSA) is 95.0 Å². The molecule has 3 aromatic carbocycles. The van der Waals surface area contributed by atoms with Gasteiger partial charge in [-0.1, -0.05) is 55.0 Å². The predicted molar refractivity (Wildman–Crippen MR) is 195 cm³/mol. The SMILES string of the molecule is O=C(O)[C@H](Cc1cccc2c(-c3nccc4ccc(CCCN5CCCCC5)cc34)cccc12)NC(=O)C1(C(F)(F)F)CCN([C@H]2COCC2(F)F)CC1. The van der Waals surface area contributed by atoms with E-state index in [2.05, 4.69) is 28.4 Å².